The lowest BCUT2D eigenvalue weighted by molar-refractivity contribution is 0.192. The van der Waals surface area contributed by atoms with Crippen LogP contribution in [0, 0.1) is 0 Å². The monoisotopic (exact) mass is 315 g/mol. The molecule has 1 aliphatic rings. The van der Waals surface area contributed by atoms with Gasteiger partial charge < -0.3 is 14.6 Å². The van der Waals surface area contributed by atoms with Crippen LogP contribution < -0.4 is 10.0 Å². The second kappa shape index (κ2) is 6.91. The Morgan fingerprint density at radius 1 is 1.48 bits per heavy atom. The molecule has 1 aromatic heterocycles. The van der Waals surface area contributed by atoms with Crippen molar-refractivity contribution in [3.05, 3.63) is 18.0 Å². The third kappa shape index (κ3) is 4.29. The molecule has 0 aromatic carbocycles. The second-order valence-electron chi connectivity index (χ2n) is 5.67. The van der Waals surface area contributed by atoms with E-state index in [0.29, 0.717) is 30.7 Å². The zero-order valence-electron chi connectivity index (χ0n) is 12.9. The first-order valence-electron chi connectivity index (χ1n) is 7.45. The molecule has 0 saturated carbocycles. The second-order valence-corrected chi connectivity index (χ2v) is 7.38. The predicted molar refractivity (Wildman–Crippen MR) is 81.6 cm³/mol. The van der Waals surface area contributed by atoms with E-state index >= 15 is 0 Å². The minimum atomic E-state index is -3.47. The number of rotatable bonds is 7. The number of hydrogen-bond donors (Lipinski definition) is 2. The van der Waals surface area contributed by atoms with E-state index in [1.807, 2.05) is 11.5 Å². The van der Waals surface area contributed by atoms with Gasteiger partial charge in [-0.1, -0.05) is 13.8 Å². The first-order chi connectivity index (χ1) is 9.92. The summed E-state index contributed by atoms with van der Waals surface area (Å²) in [5.74, 6) is 0. The van der Waals surface area contributed by atoms with Gasteiger partial charge in [0.05, 0.1) is 11.5 Å². The Hall–Kier alpha value is -0.890. The molecular weight excluding hydrogens is 290 g/mol. The van der Waals surface area contributed by atoms with Gasteiger partial charge in [0, 0.05) is 43.7 Å². The van der Waals surface area contributed by atoms with Gasteiger partial charge in [-0.15, -0.1) is 0 Å². The van der Waals surface area contributed by atoms with Gasteiger partial charge in [-0.2, -0.15) is 0 Å². The molecule has 0 aliphatic carbocycles. The van der Waals surface area contributed by atoms with Crippen LogP contribution in [-0.4, -0.2) is 38.3 Å². The third-order valence-corrected chi connectivity index (χ3v) is 5.04. The summed E-state index contributed by atoms with van der Waals surface area (Å²) in [4.78, 5) is 0.330. The maximum Gasteiger partial charge on any atom is 0.242 e. The topological polar surface area (TPSA) is 72.4 Å². The molecule has 0 spiro atoms. The first-order valence-corrected chi connectivity index (χ1v) is 8.93. The molecule has 1 atom stereocenters. The minimum absolute atomic E-state index is 0.114. The van der Waals surface area contributed by atoms with Crippen LogP contribution >= 0.6 is 0 Å². The fraction of sp³-hybridized carbons (Fsp3) is 0.714. The lowest BCUT2D eigenvalue weighted by atomic mass is 10.3. The van der Waals surface area contributed by atoms with Crippen molar-refractivity contribution >= 4 is 10.0 Å². The molecule has 0 radical (unpaired) electrons. The highest BCUT2D eigenvalue weighted by atomic mass is 32.2. The van der Waals surface area contributed by atoms with Gasteiger partial charge >= 0.3 is 0 Å². The molecule has 2 N–H and O–H groups in total. The highest BCUT2D eigenvalue weighted by molar-refractivity contribution is 7.89. The van der Waals surface area contributed by atoms with E-state index in [4.69, 9.17) is 4.74 Å². The maximum atomic E-state index is 12.4. The SMILES string of the molecule is CCn1cc(S(=O)(=O)NC2CCOC2)cc1CNC(C)C. The summed E-state index contributed by atoms with van der Waals surface area (Å²) >= 11 is 0. The number of aryl methyl sites for hydroxylation is 1. The Bertz CT molecular complexity index is 560. The van der Waals surface area contributed by atoms with Gasteiger partial charge in [-0.3, -0.25) is 0 Å². The Kier molecular flexibility index (Phi) is 5.43. The van der Waals surface area contributed by atoms with Crippen molar-refractivity contribution in [1.82, 2.24) is 14.6 Å². The Morgan fingerprint density at radius 2 is 2.24 bits per heavy atom. The van der Waals surface area contributed by atoms with Gasteiger partial charge in [0.25, 0.3) is 0 Å². The molecule has 0 bridgehead atoms. The quantitative estimate of drug-likeness (QED) is 0.789. The summed E-state index contributed by atoms with van der Waals surface area (Å²) in [5, 5.41) is 3.32. The molecule has 120 valence electrons. The van der Waals surface area contributed by atoms with Crippen molar-refractivity contribution < 1.29 is 13.2 Å². The number of aromatic nitrogens is 1. The fourth-order valence-electron chi connectivity index (χ4n) is 2.34. The standard InChI is InChI=1S/C14H25N3O3S/c1-4-17-9-14(7-13(17)8-15-11(2)3)21(18,19)16-12-5-6-20-10-12/h7,9,11-12,15-16H,4-6,8,10H2,1-3H3. The summed E-state index contributed by atoms with van der Waals surface area (Å²) in [6.07, 6.45) is 2.44. The number of nitrogens with zero attached hydrogens (tertiary/aromatic N) is 1. The van der Waals surface area contributed by atoms with Gasteiger partial charge in [-0.25, -0.2) is 13.1 Å². The molecule has 1 fully saturated rings. The summed E-state index contributed by atoms with van der Waals surface area (Å²) < 4.78 is 34.7. The number of ether oxygens (including phenoxy) is 1. The van der Waals surface area contributed by atoms with Crippen LogP contribution in [0.25, 0.3) is 0 Å². The molecule has 21 heavy (non-hydrogen) atoms. The van der Waals surface area contributed by atoms with Gasteiger partial charge in [-0.05, 0) is 19.4 Å². The number of sulfonamides is 1. The van der Waals surface area contributed by atoms with E-state index in [-0.39, 0.29) is 6.04 Å². The van der Waals surface area contributed by atoms with Crippen LogP contribution in [0.15, 0.2) is 17.2 Å². The van der Waals surface area contributed by atoms with Crippen molar-refractivity contribution in [2.45, 2.75) is 57.3 Å². The minimum Gasteiger partial charge on any atom is -0.380 e. The molecule has 1 aromatic rings. The third-order valence-electron chi connectivity index (χ3n) is 3.55. The van der Waals surface area contributed by atoms with Crippen molar-refractivity contribution in [2.24, 2.45) is 0 Å². The molecular formula is C14H25N3O3S. The zero-order chi connectivity index (χ0) is 15.5. The van der Waals surface area contributed by atoms with E-state index < -0.39 is 10.0 Å². The fourth-order valence-corrected chi connectivity index (χ4v) is 3.66. The highest BCUT2D eigenvalue weighted by Crippen LogP contribution is 2.16. The number of hydrogen-bond acceptors (Lipinski definition) is 4. The Morgan fingerprint density at radius 3 is 2.81 bits per heavy atom. The van der Waals surface area contributed by atoms with Crippen LogP contribution in [0.5, 0.6) is 0 Å². The van der Waals surface area contributed by atoms with Crippen LogP contribution in [0.4, 0.5) is 0 Å². The normalized spacial score (nSPS) is 19.5. The maximum absolute atomic E-state index is 12.4. The van der Waals surface area contributed by atoms with Crippen LogP contribution in [0.1, 0.15) is 32.9 Å². The van der Waals surface area contributed by atoms with E-state index in [1.165, 1.54) is 0 Å². The van der Waals surface area contributed by atoms with E-state index in [1.54, 1.807) is 12.3 Å². The molecule has 1 aliphatic heterocycles. The van der Waals surface area contributed by atoms with Crippen LogP contribution in [-0.2, 0) is 27.8 Å². The molecule has 2 heterocycles. The van der Waals surface area contributed by atoms with Crippen molar-refractivity contribution in [3.63, 3.8) is 0 Å². The average molecular weight is 315 g/mol. The summed E-state index contributed by atoms with van der Waals surface area (Å²) in [6, 6.07) is 1.99. The molecule has 1 unspecified atom stereocenters. The van der Waals surface area contributed by atoms with Crippen molar-refractivity contribution in [1.29, 1.82) is 0 Å². The van der Waals surface area contributed by atoms with Crippen molar-refractivity contribution in [2.75, 3.05) is 13.2 Å². The Balaban J connectivity index is 2.14. The lowest BCUT2D eigenvalue weighted by Gasteiger charge is -2.09. The summed E-state index contributed by atoms with van der Waals surface area (Å²) in [7, 11) is -3.47. The molecule has 1 saturated heterocycles. The number of nitrogens with one attached hydrogen (secondary N) is 2. The molecule has 7 heteroatoms. The summed E-state index contributed by atoms with van der Waals surface area (Å²) in [5.41, 5.74) is 0.981. The smallest absolute Gasteiger partial charge is 0.242 e. The highest BCUT2D eigenvalue weighted by Gasteiger charge is 2.25. The largest absolute Gasteiger partial charge is 0.380 e. The summed E-state index contributed by atoms with van der Waals surface area (Å²) in [6.45, 7) is 8.62. The lowest BCUT2D eigenvalue weighted by Crippen LogP contribution is -2.34. The average Bonchev–Trinajstić information content (AvgIpc) is 3.04. The van der Waals surface area contributed by atoms with Crippen molar-refractivity contribution in [3.8, 4) is 0 Å². The van der Waals surface area contributed by atoms with E-state index in [2.05, 4.69) is 23.9 Å². The molecule has 0 amide bonds. The zero-order valence-corrected chi connectivity index (χ0v) is 13.7. The molecule has 2 rings (SSSR count). The van der Waals surface area contributed by atoms with Crippen LogP contribution in [0.3, 0.4) is 0 Å². The van der Waals surface area contributed by atoms with Gasteiger partial charge in [0.15, 0.2) is 0 Å². The van der Waals surface area contributed by atoms with Crippen LogP contribution in [0.2, 0.25) is 0 Å². The first kappa shape index (κ1) is 16.5. The van der Waals surface area contributed by atoms with E-state index in [9.17, 15) is 8.42 Å². The predicted octanol–water partition coefficient (Wildman–Crippen LogP) is 1.07. The Labute approximate surface area is 126 Å². The van der Waals surface area contributed by atoms with E-state index in [0.717, 1.165) is 18.7 Å². The van der Waals surface area contributed by atoms with Gasteiger partial charge in [0.2, 0.25) is 10.0 Å². The van der Waals surface area contributed by atoms with Gasteiger partial charge in [0.1, 0.15) is 0 Å². The molecule has 6 nitrogen and oxygen atoms in total.